The normalized spacial score (nSPS) is 17.8. The van der Waals surface area contributed by atoms with Crippen molar-refractivity contribution in [1.82, 2.24) is 5.32 Å². The maximum atomic E-state index is 13.4. The molecule has 1 aliphatic rings. The summed E-state index contributed by atoms with van der Waals surface area (Å²) in [4.78, 5) is 0. The van der Waals surface area contributed by atoms with Crippen LogP contribution >= 0.6 is 15.9 Å². The summed E-state index contributed by atoms with van der Waals surface area (Å²) in [5.41, 5.74) is 0.353. The van der Waals surface area contributed by atoms with Crippen LogP contribution in [0.15, 0.2) is 22.7 Å². The molecule has 0 saturated heterocycles. The van der Waals surface area contributed by atoms with Gasteiger partial charge in [-0.3, -0.25) is 0 Å². The summed E-state index contributed by atoms with van der Waals surface area (Å²) in [6, 6.07) is 5.24. The fraction of sp³-hybridized carbons (Fsp3) is 0.455. The molecule has 1 aromatic rings. The van der Waals surface area contributed by atoms with Gasteiger partial charge in [0.1, 0.15) is 5.82 Å². The fourth-order valence-electron chi connectivity index (χ4n) is 1.45. The number of halogens is 2. The lowest BCUT2D eigenvalue weighted by Crippen LogP contribution is -2.23. The van der Waals surface area contributed by atoms with Gasteiger partial charge in [0.05, 0.1) is 6.10 Å². The molecule has 0 radical (unpaired) electrons. The molecule has 0 aromatic heterocycles. The van der Waals surface area contributed by atoms with Crippen molar-refractivity contribution in [3.05, 3.63) is 34.1 Å². The summed E-state index contributed by atoms with van der Waals surface area (Å²) in [5.74, 6) is -0.366. The second-order valence-corrected chi connectivity index (χ2v) is 4.78. The van der Waals surface area contributed by atoms with Crippen molar-refractivity contribution >= 4 is 15.9 Å². The van der Waals surface area contributed by atoms with Crippen molar-refractivity contribution in [2.24, 2.45) is 0 Å². The largest absolute Gasteiger partial charge is 0.387 e. The molecule has 1 fully saturated rings. The van der Waals surface area contributed by atoms with Gasteiger partial charge < -0.3 is 10.4 Å². The Morgan fingerprint density at radius 3 is 2.87 bits per heavy atom. The summed E-state index contributed by atoms with van der Waals surface area (Å²) in [5, 5.41) is 12.9. The second kappa shape index (κ2) is 4.60. The van der Waals surface area contributed by atoms with Crippen molar-refractivity contribution < 1.29 is 9.50 Å². The maximum Gasteiger partial charge on any atom is 0.130 e. The Morgan fingerprint density at radius 1 is 1.53 bits per heavy atom. The van der Waals surface area contributed by atoms with E-state index in [0.29, 0.717) is 22.6 Å². The highest BCUT2D eigenvalue weighted by atomic mass is 79.9. The Hall–Kier alpha value is -0.450. The fourth-order valence-corrected chi connectivity index (χ4v) is 1.78. The van der Waals surface area contributed by atoms with E-state index in [1.807, 2.05) is 0 Å². The van der Waals surface area contributed by atoms with Gasteiger partial charge in [-0.2, -0.15) is 0 Å². The van der Waals surface area contributed by atoms with E-state index in [0.717, 1.165) is 12.8 Å². The van der Waals surface area contributed by atoms with Gasteiger partial charge in [0.2, 0.25) is 0 Å². The molecule has 4 heteroatoms. The number of aliphatic hydroxyl groups is 1. The smallest absolute Gasteiger partial charge is 0.130 e. The van der Waals surface area contributed by atoms with Crippen molar-refractivity contribution in [3.63, 3.8) is 0 Å². The second-order valence-electron chi connectivity index (χ2n) is 3.86. The van der Waals surface area contributed by atoms with E-state index in [-0.39, 0.29) is 5.82 Å². The van der Waals surface area contributed by atoms with E-state index in [1.165, 1.54) is 6.07 Å². The van der Waals surface area contributed by atoms with Crippen LogP contribution in [-0.2, 0) is 0 Å². The average Bonchev–Trinajstić information content (AvgIpc) is 2.97. The summed E-state index contributed by atoms with van der Waals surface area (Å²) < 4.78 is 14.1. The van der Waals surface area contributed by atoms with Crippen molar-refractivity contribution in [2.75, 3.05) is 6.54 Å². The number of nitrogens with one attached hydrogen (secondary N) is 1. The van der Waals surface area contributed by atoms with Gasteiger partial charge in [-0.1, -0.05) is 22.0 Å². The molecule has 1 saturated carbocycles. The standard InChI is InChI=1S/C11H13BrFNO/c12-7-1-4-9(10(13)5-7)11(15)6-14-8-2-3-8/h1,4-5,8,11,14-15H,2-3,6H2. The predicted octanol–water partition coefficient (Wildman–Crippen LogP) is 2.37. The van der Waals surface area contributed by atoms with Gasteiger partial charge in [-0.25, -0.2) is 4.39 Å². The van der Waals surface area contributed by atoms with Gasteiger partial charge in [0, 0.05) is 22.6 Å². The Kier molecular flexibility index (Phi) is 3.38. The van der Waals surface area contributed by atoms with Crippen molar-refractivity contribution in [1.29, 1.82) is 0 Å². The first kappa shape index (κ1) is 11.0. The third kappa shape index (κ3) is 3.00. The minimum atomic E-state index is -0.765. The van der Waals surface area contributed by atoms with Crippen LogP contribution < -0.4 is 5.32 Å². The Bertz CT molecular complexity index is 354. The van der Waals surface area contributed by atoms with Crippen LogP contribution in [0, 0.1) is 5.82 Å². The van der Waals surface area contributed by atoms with Gasteiger partial charge in [0.15, 0.2) is 0 Å². The van der Waals surface area contributed by atoms with E-state index in [4.69, 9.17) is 0 Å². The molecular weight excluding hydrogens is 261 g/mol. The molecule has 82 valence electrons. The van der Waals surface area contributed by atoms with E-state index in [2.05, 4.69) is 21.2 Å². The molecule has 1 unspecified atom stereocenters. The summed E-state index contributed by atoms with van der Waals surface area (Å²) >= 11 is 3.18. The summed E-state index contributed by atoms with van der Waals surface area (Å²) in [7, 11) is 0. The monoisotopic (exact) mass is 273 g/mol. The lowest BCUT2D eigenvalue weighted by Gasteiger charge is -2.12. The van der Waals surface area contributed by atoms with Crippen LogP contribution in [0.2, 0.25) is 0 Å². The molecule has 2 N–H and O–H groups in total. The van der Waals surface area contributed by atoms with E-state index in [9.17, 15) is 9.50 Å². The zero-order valence-corrected chi connectivity index (χ0v) is 9.80. The van der Waals surface area contributed by atoms with E-state index < -0.39 is 6.10 Å². The highest BCUT2D eigenvalue weighted by Crippen LogP contribution is 2.23. The first-order valence-electron chi connectivity index (χ1n) is 5.03. The predicted molar refractivity (Wildman–Crippen MR) is 60.1 cm³/mol. The highest BCUT2D eigenvalue weighted by molar-refractivity contribution is 9.10. The topological polar surface area (TPSA) is 32.3 Å². The van der Waals surface area contributed by atoms with E-state index in [1.54, 1.807) is 12.1 Å². The first-order chi connectivity index (χ1) is 7.16. The minimum Gasteiger partial charge on any atom is -0.387 e. The van der Waals surface area contributed by atoms with Crippen molar-refractivity contribution in [2.45, 2.75) is 25.0 Å². The molecule has 0 bridgehead atoms. The molecule has 1 atom stereocenters. The molecule has 1 aromatic carbocycles. The zero-order valence-electron chi connectivity index (χ0n) is 8.21. The Labute approximate surface area is 96.6 Å². The minimum absolute atomic E-state index is 0.353. The van der Waals surface area contributed by atoms with Crippen LogP contribution in [-0.4, -0.2) is 17.7 Å². The molecule has 0 aliphatic heterocycles. The number of hydrogen-bond acceptors (Lipinski definition) is 2. The van der Waals surface area contributed by atoms with Crippen LogP contribution in [0.3, 0.4) is 0 Å². The number of aliphatic hydroxyl groups excluding tert-OH is 1. The molecular formula is C11H13BrFNO. The molecule has 0 heterocycles. The van der Waals surface area contributed by atoms with Gasteiger partial charge in [-0.15, -0.1) is 0 Å². The molecule has 0 amide bonds. The SMILES string of the molecule is OC(CNC1CC1)c1ccc(Br)cc1F. The molecule has 2 rings (SSSR count). The lowest BCUT2D eigenvalue weighted by molar-refractivity contribution is 0.169. The third-order valence-electron chi connectivity index (χ3n) is 2.50. The maximum absolute atomic E-state index is 13.4. The van der Waals surface area contributed by atoms with Crippen LogP contribution in [0.1, 0.15) is 24.5 Å². The third-order valence-corrected chi connectivity index (χ3v) is 2.99. The number of hydrogen-bond donors (Lipinski definition) is 2. The molecule has 0 spiro atoms. The quantitative estimate of drug-likeness (QED) is 0.883. The van der Waals surface area contributed by atoms with Gasteiger partial charge in [0.25, 0.3) is 0 Å². The summed E-state index contributed by atoms with van der Waals surface area (Å²) in [6.07, 6.45) is 1.56. The number of rotatable bonds is 4. The van der Waals surface area contributed by atoms with Gasteiger partial charge >= 0.3 is 0 Å². The van der Waals surface area contributed by atoms with E-state index >= 15 is 0 Å². The van der Waals surface area contributed by atoms with Crippen LogP contribution in [0.25, 0.3) is 0 Å². The Morgan fingerprint density at radius 2 is 2.27 bits per heavy atom. The average molecular weight is 274 g/mol. The molecule has 1 aliphatic carbocycles. The summed E-state index contributed by atoms with van der Waals surface area (Å²) in [6.45, 7) is 0.420. The van der Waals surface area contributed by atoms with Gasteiger partial charge in [-0.05, 0) is 25.0 Å². The molecule has 2 nitrogen and oxygen atoms in total. The molecule has 15 heavy (non-hydrogen) atoms. The van der Waals surface area contributed by atoms with Crippen LogP contribution in [0.4, 0.5) is 4.39 Å². The number of benzene rings is 1. The first-order valence-corrected chi connectivity index (χ1v) is 5.82. The van der Waals surface area contributed by atoms with Crippen LogP contribution in [0.5, 0.6) is 0 Å². The zero-order chi connectivity index (χ0) is 10.8. The lowest BCUT2D eigenvalue weighted by atomic mass is 10.1. The Balaban J connectivity index is 1.99. The van der Waals surface area contributed by atoms with Crippen molar-refractivity contribution in [3.8, 4) is 0 Å². The highest BCUT2D eigenvalue weighted by Gasteiger charge is 2.22.